The van der Waals surface area contributed by atoms with Crippen LogP contribution in [0.1, 0.15) is 17.3 Å². The van der Waals surface area contributed by atoms with Gasteiger partial charge >= 0.3 is 6.09 Å². The van der Waals surface area contributed by atoms with E-state index < -0.39 is 23.2 Å². The predicted molar refractivity (Wildman–Crippen MR) is 155 cm³/mol. The van der Waals surface area contributed by atoms with Crippen molar-refractivity contribution in [1.82, 2.24) is 14.4 Å². The Kier molecular flexibility index (Phi) is 6.46. The smallest absolute Gasteiger partial charge is 0.409 e. The molecule has 42 heavy (non-hydrogen) atoms. The number of halogens is 1. The number of aromatic nitrogens is 1. The van der Waals surface area contributed by atoms with Gasteiger partial charge in [0.15, 0.2) is 17.3 Å². The zero-order valence-corrected chi connectivity index (χ0v) is 23.1. The number of benzene rings is 3. The number of fused-ring (bicyclic) bond motifs is 4. The third-order valence-corrected chi connectivity index (χ3v) is 8.14. The number of anilines is 1. The van der Waals surface area contributed by atoms with Crippen LogP contribution in [-0.2, 0) is 9.47 Å². The Morgan fingerprint density at radius 3 is 2.45 bits per heavy atom. The van der Waals surface area contributed by atoms with Crippen molar-refractivity contribution in [3.63, 3.8) is 0 Å². The van der Waals surface area contributed by atoms with E-state index in [1.54, 1.807) is 27.5 Å². The summed E-state index contributed by atoms with van der Waals surface area (Å²) in [5.74, 6) is -0.359. The molecule has 3 aliphatic rings. The highest BCUT2D eigenvalue weighted by molar-refractivity contribution is 6.04. The SMILES string of the molecule is CCOC(=O)N1CCN(c2c(F)cc3c(=O)c(C(=O)N4CCOCC4)cn4c3c2Oc2ccc3ccccc3c2-4)CC1. The van der Waals surface area contributed by atoms with Crippen molar-refractivity contribution < 1.29 is 28.2 Å². The zero-order valence-electron chi connectivity index (χ0n) is 23.1. The second-order valence-electron chi connectivity index (χ2n) is 10.5. The lowest BCUT2D eigenvalue weighted by atomic mass is 10.0. The quantitative estimate of drug-likeness (QED) is 0.321. The summed E-state index contributed by atoms with van der Waals surface area (Å²) in [7, 11) is 0. The Hall–Kier alpha value is -4.64. The van der Waals surface area contributed by atoms with Gasteiger partial charge < -0.3 is 33.5 Å². The maximum Gasteiger partial charge on any atom is 0.409 e. The Morgan fingerprint density at radius 2 is 1.69 bits per heavy atom. The molecule has 4 aromatic rings. The molecule has 2 amide bonds. The van der Waals surface area contributed by atoms with E-state index in [4.69, 9.17) is 14.2 Å². The van der Waals surface area contributed by atoms with Crippen LogP contribution in [0.25, 0.3) is 27.4 Å². The van der Waals surface area contributed by atoms with Gasteiger partial charge in [0, 0.05) is 50.9 Å². The average molecular weight is 573 g/mol. The summed E-state index contributed by atoms with van der Waals surface area (Å²) in [6.45, 7) is 4.93. The summed E-state index contributed by atoms with van der Waals surface area (Å²) >= 11 is 0. The van der Waals surface area contributed by atoms with Crippen LogP contribution in [0, 0.1) is 5.82 Å². The molecule has 0 saturated carbocycles. The van der Waals surface area contributed by atoms with E-state index in [-0.39, 0.29) is 29.0 Å². The molecule has 3 aromatic carbocycles. The second-order valence-corrected chi connectivity index (χ2v) is 10.5. The van der Waals surface area contributed by atoms with Crippen LogP contribution in [0.3, 0.4) is 0 Å². The molecule has 216 valence electrons. The number of nitrogens with zero attached hydrogens (tertiary/aromatic N) is 4. The van der Waals surface area contributed by atoms with Gasteiger partial charge in [-0.3, -0.25) is 9.59 Å². The normalized spacial score (nSPS) is 16.4. The standard InChI is InChI=1S/C31H29FN4O6/c1-2-41-31(39)35-11-9-33(10-12-35)27-23(32)17-21-26-29(27)42-24-8-7-19-5-3-4-6-20(19)25(24)36(26)18-22(28(21)37)30(38)34-13-15-40-16-14-34/h3-8,17-18H,2,9-16H2,1H3. The van der Waals surface area contributed by atoms with Crippen LogP contribution < -0.4 is 15.1 Å². The van der Waals surface area contributed by atoms with E-state index in [9.17, 15) is 14.4 Å². The van der Waals surface area contributed by atoms with Gasteiger partial charge in [-0.05, 0) is 24.4 Å². The minimum absolute atomic E-state index is 0.0358. The van der Waals surface area contributed by atoms with E-state index in [2.05, 4.69) is 0 Å². The van der Waals surface area contributed by atoms with Crippen molar-refractivity contribution in [2.24, 2.45) is 0 Å². The Balaban J connectivity index is 1.43. The predicted octanol–water partition coefficient (Wildman–Crippen LogP) is 4.14. The minimum atomic E-state index is -0.633. The molecule has 11 heteroatoms. The van der Waals surface area contributed by atoms with E-state index in [0.717, 1.165) is 10.8 Å². The number of hydrogen-bond donors (Lipinski definition) is 0. The Morgan fingerprint density at radius 1 is 0.929 bits per heavy atom. The van der Waals surface area contributed by atoms with E-state index in [1.165, 1.54) is 6.07 Å². The molecular formula is C31H29FN4O6. The summed E-state index contributed by atoms with van der Waals surface area (Å²) in [4.78, 5) is 44.8. The molecule has 1 aromatic heterocycles. The van der Waals surface area contributed by atoms with Gasteiger partial charge in [0.25, 0.3) is 5.91 Å². The van der Waals surface area contributed by atoms with Crippen molar-refractivity contribution in [2.75, 3.05) is 64.0 Å². The number of amides is 2. The Bertz CT molecular complexity index is 1810. The van der Waals surface area contributed by atoms with Gasteiger partial charge in [-0.1, -0.05) is 30.3 Å². The highest BCUT2D eigenvalue weighted by atomic mass is 19.1. The van der Waals surface area contributed by atoms with Crippen molar-refractivity contribution in [3.05, 3.63) is 70.3 Å². The van der Waals surface area contributed by atoms with Crippen LogP contribution in [-0.4, -0.2) is 85.5 Å². The summed E-state index contributed by atoms with van der Waals surface area (Å²) in [5, 5.41) is 1.88. The van der Waals surface area contributed by atoms with E-state index in [0.29, 0.717) is 69.4 Å². The molecule has 0 radical (unpaired) electrons. The van der Waals surface area contributed by atoms with Crippen molar-refractivity contribution in [3.8, 4) is 17.2 Å². The minimum Gasteiger partial charge on any atom is -0.451 e. The largest absolute Gasteiger partial charge is 0.451 e. The average Bonchev–Trinajstić information content (AvgIpc) is 3.02. The third kappa shape index (κ3) is 4.14. The Labute approximate surface area is 240 Å². The summed E-state index contributed by atoms with van der Waals surface area (Å²) in [6.07, 6.45) is 1.17. The summed E-state index contributed by atoms with van der Waals surface area (Å²) in [6, 6.07) is 12.7. The topological polar surface area (TPSA) is 93.5 Å². The van der Waals surface area contributed by atoms with Crippen molar-refractivity contribution >= 4 is 39.4 Å². The van der Waals surface area contributed by atoms with Crippen LogP contribution >= 0.6 is 0 Å². The number of hydrogen-bond acceptors (Lipinski definition) is 7. The highest BCUT2D eigenvalue weighted by Crippen LogP contribution is 2.48. The molecule has 2 saturated heterocycles. The van der Waals surface area contributed by atoms with Gasteiger partial charge in [-0.15, -0.1) is 0 Å². The van der Waals surface area contributed by atoms with Crippen molar-refractivity contribution in [2.45, 2.75) is 6.92 Å². The fourth-order valence-electron chi connectivity index (χ4n) is 6.08. The monoisotopic (exact) mass is 572 g/mol. The van der Waals surface area contributed by atoms with Crippen LogP contribution in [0.15, 0.2) is 53.5 Å². The maximum absolute atomic E-state index is 16.1. The second kappa shape index (κ2) is 10.3. The molecule has 0 bridgehead atoms. The number of carbonyl (C=O) groups excluding carboxylic acids is 2. The van der Waals surface area contributed by atoms with Crippen molar-refractivity contribution in [1.29, 1.82) is 0 Å². The molecule has 0 aliphatic carbocycles. The molecule has 4 heterocycles. The number of ether oxygens (including phenoxy) is 3. The molecule has 0 N–H and O–H groups in total. The molecule has 10 nitrogen and oxygen atoms in total. The molecular weight excluding hydrogens is 543 g/mol. The number of rotatable bonds is 3. The van der Waals surface area contributed by atoms with E-state index >= 15 is 4.39 Å². The molecule has 0 spiro atoms. The fraction of sp³-hybridized carbons (Fsp3) is 0.323. The summed E-state index contributed by atoms with van der Waals surface area (Å²) < 4.78 is 34.9. The molecule has 0 unspecified atom stereocenters. The first-order valence-corrected chi connectivity index (χ1v) is 14.1. The first-order valence-electron chi connectivity index (χ1n) is 14.1. The lowest BCUT2D eigenvalue weighted by Crippen LogP contribution is -2.49. The lowest BCUT2D eigenvalue weighted by molar-refractivity contribution is 0.0301. The maximum atomic E-state index is 16.1. The molecule has 2 fully saturated rings. The first kappa shape index (κ1) is 26.3. The van der Waals surface area contributed by atoms with Crippen LogP contribution in [0.2, 0.25) is 0 Å². The zero-order chi connectivity index (χ0) is 29.0. The third-order valence-electron chi connectivity index (χ3n) is 8.14. The first-order chi connectivity index (χ1) is 20.5. The van der Waals surface area contributed by atoms with Gasteiger partial charge in [0.05, 0.1) is 30.9 Å². The van der Waals surface area contributed by atoms with Gasteiger partial charge in [0.2, 0.25) is 5.43 Å². The van der Waals surface area contributed by atoms with Gasteiger partial charge in [-0.25, -0.2) is 9.18 Å². The highest BCUT2D eigenvalue weighted by Gasteiger charge is 2.34. The molecule has 3 aliphatic heterocycles. The molecule has 0 atom stereocenters. The summed E-state index contributed by atoms with van der Waals surface area (Å²) in [5.41, 5.74) is 0.693. The number of carbonyl (C=O) groups is 2. The fourth-order valence-corrected chi connectivity index (χ4v) is 6.08. The lowest BCUT2D eigenvalue weighted by Gasteiger charge is -2.37. The number of morpholine rings is 1. The van der Waals surface area contributed by atoms with Crippen LogP contribution in [0.4, 0.5) is 14.9 Å². The van der Waals surface area contributed by atoms with E-state index in [1.807, 2.05) is 41.3 Å². The molecule has 7 rings (SSSR count). The van der Waals surface area contributed by atoms with Crippen LogP contribution in [0.5, 0.6) is 11.5 Å². The number of pyridine rings is 1. The van der Waals surface area contributed by atoms with Gasteiger partial charge in [0.1, 0.15) is 16.8 Å². The number of piperazine rings is 1. The van der Waals surface area contributed by atoms with Gasteiger partial charge in [-0.2, -0.15) is 0 Å².